The second-order valence-corrected chi connectivity index (χ2v) is 6.30. The third-order valence-corrected chi connectivity index (χ3v) is 4.38. The minimum Gasteiger partial charge on any atom is -0.492 e. The standard InChI is InChI=1S/C19H19N5O2/c25-19(16-3-1-6-20-9-16)23-11-15(12-24-17(13-23)5-8-22-24)14-26-18-4-2-7-21-10-18/h1-10,15H,11-14H2. The summed E-state index contributed by atoms with van der Waals surface area (Å²) in [5, 5.41) is 4.39. The van der Waals surface area contributed by atoms with Crippen LogP contribution < -0.4 is 4.74 Å². The minimum absolute atomic E-state index is 0.0286. The lowest BCUT2D eigenvalue weighted by molar-refractivity contribution is 0.0700. The van der Waals surface area contributed by atoms with E-state index in [1.807, 2.05) is 27.8 Å². The fourth-order valence-corrected chi connectivity index (χ4v) is 3.11. The zero-order valence-electron chi connectivity index (χ0n) is 14.2. The van der Waals surface area contributed by atoms with E-state index in [1.165, 1.54) is 0 Å². The number of carbonyl (C=O) groups excluding carboxylic acids is 1. The van der Waals surface area contributed by atoms with Crippen LogP contribution in [0.5, 0.6) is 5.75 Å². The number of nitrogens with zero attached hydrogens (tertiary/aromatic N) is 5. The first kappa shape index (κ1) is 16.3. The average Bonchev–Trinajstić information content (AvgIpc) is 3.05. The molecule has 4 heterocycles. The van der Waals surface area contributed by atoms with Gasteiger partial charge in [0.25, 0.3) is 5.91 Å². The van der Waals surface area contributed by atoms with Crippen LogP contribution in [0.25, 0.3) is 0 Å². The summed E-state index contributed by atoms with van der Waals surface area (Å²) in [7, 11) is 0. The van der Waals surface area contributed by atoms with Gasteiger partial charge in [0.05, 0.1) is 30.6 Å². The first-order valence-corrected chi connectivity index (χ1v) is 8.52. The Hall–Kier alpha value is -3.22. The third-order valence-electron chi connectivity index (χ3n) is 4.38. The van der Waals surface area contributed by atoms with Crippen molar-refractivity contribution in [2.24, 2.45) is 5.92 Å². The molecule has 0 N–H and O–H groups in total. The van der Waals surface area contributed by atoms with Crippen LogP contribution in [0.2, 0.25) is 0 Å². The Bertz CT molecular complexity index is 866. The fourth-order valence-electron chi connectivity index (χ4n) is 3.11. The second-order valence-electron chi connectivity index (χ2n) is 6.30. The van der Waals surface area contributed by atoms with Crippen LogP contribution in [0.4, 0.5) is 0 Å². The first-order valence-electron chi connectivity index (χ1n) is 8.52. The van der Waals surface area contributed by atoms with Gasteiger partial charge in [-0.1, -0.05) is 0 Å². The summed E-state index contributed by atoms with van der Waals surface area (Å²) in [6.07, 6.45) is 8.44. The van der Waals surface area contributed by atoms with E-state index in [4.69, 9.17) is 4.74 Å². The molecule has 0 spiro atoms. The minimum atomic E-state index is -0.0286. The molecule has 0 fully saturated rings. The van der Waals surface area contributed by atoms with E-state index in [0.717, 1.165) is 11.4 Å². The SMILES string of the molecule is O=C(c1cccnc1)N1Cc2ccnn2CC(COc2cccnc2)C1. The third kappa shape index (κ3) is 3.56. The summed E-state index contributed by atoms with van der Waals surface area (Å²) in [4.78, 5) is 22.9. The summed E-state index contributed by atoms with van der Waals surface area (Å²) >= 11 is 0. The van der Waals surface area contributed by atoms with Gasteiger partial charge in [-0.2, -0.15) is 5.10 Å². The van der Waals surface area contributed by atoms with Crippen molar-refractivity contribution in [2.45, 2.75) is 13.1 Å². The number of ether oxygens (including phenoxy) is 1. The molecular formula is C19H19N5O2. The van der Waals surface area contributed by atoms with Crippen LogP contribution >= 0.6 is 0 Å². The van der Waals surface area contributed by atoms with Crippen molar-refractivity contribution in [3.8, 4) is 5.75 Å². The topological polar surface area (TPSA) is 73.1 Å². The highest BCUT2D eigenvalue weighted by Gasteiger charge is 2.26. The summed E-state index contributed by atoms with van der Waals surface area (Å²) < 4.78 is 7.82. The molecular weight excluding hydrogens is 330 g/mol. The van der Waals surface area contributed by atoms with Crippen molar-refractivity contribution >= 4 is 5.91 Å². The molecule has 132 valence electrons. The van der Waals surface area contributed by atoms with Crippen molar-refractivity contribution in [3.05, 3.63) is 72.6 Å². The van der Waals surface area contributed by atoms with Crippen molar-refractivity contribution in [1.82, 2.24) is 24.6 Å². The van der Waals surface area contributed by atoms with E-state index in [2.05, 4.69) is 15.1 Å². The lowest BCUT2D eigenvalue weighted by Crippen LogP contribution is -2.35. The van der Waals surface area contributed by atoms with Crippen molar-refractivity contribution in [1.29, 1.82) is 0 Å². The number of aromatic nitrogens is 4. The van der Waals surface area contributed by atoms with Gasteiger partial charge in [-0.05, 0) is 30.3 Å². The van der Waals surface area contributed by atoms with Crippen LogP contribution in [0.3, 0.4) is 0 Å². The molecule has 4 rings (SSSR count). The molecule has 0 bridgehead atoms. The van der Waals surface area contributed by atoms with Gasteiger partial charge in [-0.3, -0.25) is 19.4 Å². The molecule has 26 heavy (non-hydrogen) atoms. The Morgan fingerprint density at radius 1 is 1.08 bits per heavy atom. The van der Waals surface area contributed by atoms with Crippen LogP contribution in [-0.4, -0.2) is 43.7 Å². The van der Waals surface area contributed by atoms with Gasteiger partial charge in [0, 0.05) is 43.8 Å². The molecule has 0 radical (unpaired) electrons. The molecule has 1 aliphatic heterocycles. The molecule has 1 unspecified atom stereocenters. The molecule has 1 amide bonds. The molecule has 7 nitrogen and oxygen atoms in total. The number of pyridine rings is 2. The van der Waals surface area contributed by atoms with Crippen molar-refractivity contribution in [2.75, 3.05) is 13.2 Å². The summed E-state index contributed by atoms with van der Waals surface area (Å²) in [5.74, 6) is 0.818. The summed E-state index contributed by atoms with van der Waals surface area (Å²) in [5.41, 5.74) is 1.61. The number of carbonyl (C=O) groups is 1. The molecule has 0 aromatic carbocycles. The number of amides is 1. The monoisotopic (exact) mass is 349 g/mol. The molecule has 3 aromatic rings. The fraction of sp³-hybridized carbons (Fsp3) is 0.263. The highest BCUT2D eigenvalue weighted by Crippen LogP contribution is 2.19. The highest BCUT2D eigenvalue weighted by molar-refractivity contribution is 5.93. The summed E-state index contributed by atoms with van der Waals surface area (Å²) in [6, 6.07) is 9.23. The van der Waals surface area contributed by atoms with Gasteiger partial charge in [0.15, 0.2) is 0 Å². The summed E-state index contributed by atoms with van der Waals surface area (Å²) in [6.45, 7) is 2.32. The van der Waals surface area contributed by atoms with E-state index >= 15 is 0 Å². The maximum Gasteiger partial charge on any atom is 0.255 e. The quantitative estimate of drug-likeness (QED) is 0.720. The molecule has 0 saturated heterocycles. The van der Waals surface area contributed by atoms with E-state index in [9.17, 15) is 4.79 Å². The zero-order chi connectivity index (χ0) is 17.8. The molecule has 1 atom stereocenters. The largest absolute Gasteiger partial charge is 0.492 e. The van der Waals surface area contributed by atoms with Gasteiger partial charge >= 0.3 is 0 Å². The molecule has 0 aliphatic carbocycles. The average molecular weight is 349 g/mol. The van der Waals surface area contributed by atoms with Gasteiger partial charge in [-0.15, -0.1) is 0 Å². The van der Waals surface area contributed by atoms with E-state index in [0.29, 0.717) is 31.8 Å². The maximum atomic E-state index is 12.9. The Kier molecular flexibility index (Phi) is 4.59. The van der Waals surface area contributed by atoms with Crippen LogP contribution in [0, 0.1) is 5.92 Å². The number of hydrogen-bond acceptors (Lipinski definition) is 5. The van der Waals surface area contributed by atoms with Crippen LogP contribution in [0.15, 0.2) is 61.3 Å². The van der Waals surface area contributed by atoms with Gasteiger partial charge in [-0.25, -0.2) is 0 Å². The van der Waals surface area contributed by atoms with E-state index in [1.54, 1.807) is 43.1 Å². The Morgan fingerprint density at radius 2 is 1.92 bits per heavy atom. The van der Waals surface area contributed by atoms with Gasteiger partial charge in [0.2, 0.25) is 0 Å². The van der Waals surface area contributed by atoms with E-state index in [-0.39, 0.29) is 11.8 Å². The number of rotatable bonds is 4. The highest BCUT2D eigenvalue weighted by atomic mass is 16.5. The molecule has 0 saturated carbocycles. The van der Waals surface area contributed by atoms with Crippen LogP contribution in [0.1, 0.15) is 16.1 Å². The van der Waals surface area contributed by atoms with Crippen molar-refractivity contribution in [3.63, 3.8) is 0 Å². The Labute approximate surface area is 151 Å². The Morgan fingerprint density at radius 3 is 2.69 bits per heavy atom. The first-order chi connectivity index (χ1) is 12.8. The number of hydrogen-bond donors (Lipinski definition) is 0. The second kappa shape index (κ2) is 7.35. The normalized spacial score (nSPS) is 16.6. The molecule has 1 aliphatic rings. The predicted octanol–water partition coefficient (Wildman–Crippen LogP) is 2.02. The smallest absolute Gasteiger partial charge is 0.255 e. The lowest BCUT2D eigenvalue weighted by atomic mass is 10.1. The number of fused-ring (bicyclic) bond motifs is 1. The Balaban J connectivity index is 1.53. The van der Waals surface area contributed by atoms with Crippen molar-refractivity contribution < 1.29 is 9.53 Å². The predicted molar refractivity (Wildman–Crippen MR) is 94.4 cm³/mol. The lowest BCUT2D eigenvalue weighted by Gasteiger charge is -2.24. The zero-order valence-corrected chi connectivity index (χ0v) is 14.2. The molecule has 3 aromatic heterocycles. The van der Waals surface area contributed by atoms with Gasteiger partial charge < -0.3 is 9.64 Å². The van der Waals surface area contributed by atoms with Crippen LogP contribution in [-0.2, 0) is 13.1 Å². The molecule has 7 heteroatoms. The van der Waals surface area contributed by atoms with Gasteiger partial charge in [0.1, 0.15) is 5.75 Å². The maximum absolute atomic E-state index is 12.9. The van der Waals surface area contributed by atoms with E-state index < -0.39 is 0 Å².